The maximum absolute atomic E-state index is 14.6. The molecule has 7 nitrogen and oxygen atoms in total. The van der Waals surface area contributed by atoms with E-state index in [0.717, 1.165) is 0 Å². The van der Waals surface area contributed by atoms with Crippen LogP contribution in [0.15, 0.2) is 42.5 Å². The summed E-state index contributed by atoms with van der Waals surface area (Å²) in [6.45, 7) is 3.62. The van der Waals surface area contributed by atoms with Crippen molar-refractivity contribution in [3.05, 3.63) is 74.5 Å². The van der Waals surface area contributed by atoms with E-state index in [-0.39, 0.29) is 28.9 Å². The lowest BCUT2D eigenvalue weighted by atomic mass is 10.0. The van der Waals surface area contributed by atoms with Crippen LogP contribution in [0, 0.1) is 15.9 Å². The van der Waals surface area contributed by atoms with Gasteiger partial charge in [-0.25, -0.2) is 4.39 Å². The standard InChI is InChI=1S/C20H21ClFN3O4/c1-13-12-24(8-9-29-13)18(19-16(21)6-3-7-17(19)22)11-23-20(26)14-4-2-5-15(10-14)25(27)28/h2-7,10,13,18H,8-9,11-12H2,1H3,(H,23,26). The van der Waals surface area contributed by atoms with Crippen molar-refractivity contribution in [2.45, 2.75) is 19.1 Å². The third-order valence-electron chi connectivity index (χ3n) is 4.82. The molecule has 1 amide bonds. The van der Waals surface area contributed by atoms with E-state index in [9.17, 15) is 19.3 Å². The Balaban J connectivity index is 1.83. The average molecular weight is 422 g/mol. The molecule has 2 unspecified atom stereocenters. The fourth-order valence-corrected chi connectivity index (χ4v) is 3.71. The molecular formula is C20H21ClFN3O4. The van der Waals surface area contributed by atoms with Crippen molar-refractivity contribution in [2.24, 2.45) is 0 Å². The Labute approximate surface area is 172 Å². The molecule has 1 saturated heterocycles. The highest BCUT2D eigenvalue weighted by Crippen LogP contribution is 2.31. The molecule has 29 heavy (non-hydrogen) atoms. The molecule has 3 rings (SSSR count). The van der Waals surface area contributed by atoms with Crippen LogP contribution >= 0.6 is 11.6 Å². The van der Waals surface area contributed by atoms with Crippen LogP contribution in [0.4, 0.5) is 10.1 Å². The molecule has 0 radical (unpaired) electrons. The second-order valence-corrected chi connectivity index (χ2v) is 7.25. The SMILES string of the molecule is CC1CN(C(CNC(=O)c2cccc([N+](=O)[O-])c2)c2c(F)cccc2Cl)CCO1. The van der Waals surface area contributed by atoms with Gasteiger partial charge in [0.25, 0.3) is 11.6 Å². The van der Waals surface area contributed by atoms with Crippen LogP contribution in [0.25, 0.3) is 0 Å². The number of nitrogens with zero attached hydrogens (tertiary/aromatic N) is 2. The number of non-ortho nitro benzene ring substituents is 1. The van der Waals surface area contributed by atoms with Gasteiger partial charge >= 0.3 is 0 Å². The summed E-state index contributed by atoms with van der Waals surface area (Å²) in [5.41, 5.74) is 0.295. The summed E-state index contributed by atoms with van der Waals surface area (Å²) < 4.78 is 20.2. The maximum atomic E-state index is 14.6. The molecule has 1 N–H and O–H groups in total. The molecule has 1 heterocycles. The molecule has 9 heteroatoms. The Morgan fingerprint density at radius 3 is 2.86 bits per heavy atom. The van der Waals surface area contributed by atoms with Crippen LogP contribution < -0.4 is 5.32 Å². The monoisotopic (exact) mass is 421 g/mol. The molecule has 0 spiro atoms. The van der Waals surface area contributed by atoms with Crippen molar-refractivity contribution in [2.75, 3.05) is 26.2 Å². The number of carbonyl (C=O) groups excluding carboxylic acids is 1. The van der Waals surface area contributed by atoms with Crippen molar-refractivity contribution in [3.63, 3.8) is 0 Å². The van der Waals surface area contributed by atoms with Crippen molar-refractivity contribution < 1.29 is 18.8 Å². The highest BCUT2D eigenvalue weighted by molar-refractivity contribution is 6.31. The third kappa shape index (κ3) is 5.09. The lowest BCUT2D eigenvalue weighted by Crippen LogP contribution is -2.47. The Kier molecular flexibility index (Phi) is 6.79. The number of amides is 1. The van der Waals surface area contributed by atoms with E-state index in [0.29, 0.717) is 25.3 Å². The van der Waals surface area contributed by atoms with Gasteiger partial charge in [-0.15, -0.1) is 0 Å². The highest BCUT2D eigenvalue weighted by atomic mass is 35.5. The molecular weight excluding hydrogens is 401 g/mol. The van der Waals surface area contributed by atoms with E-state index in [1.165, 1.54) is 36.4 Å². The van der Waals surface area contributed by atoms with E-state index in [2.05, 4.69) is 5.32 Å². The number of hydrogen-bond donors (Lipinski definition) is 1. The molecule has 0 saturated carbocycles. The zero-order valence-corrected chi connectivity index (χ0v) is 16.6. The predicted octanol–water partition coefficient (Wildman–Crippen LogP) is 3.58. The van der Waals surface area contributed by atoms with Gasteiger partial charge in [0, 0.05) is 47.9 Å². The van der Waals surface area contributed by atoms with E-state index in [4.69, 9.17) is 16.3 Å². The molecule has 1 fully saturated rings. The molecule has 0 aliphatic carbocycles. The number of nitro groups is 1. The first-order valence-corrected chi connectivity index (χ1v) is 9.57. The van der Waals surface area contributed by atoms with Gasteiger partial charge in [0.2, 0.25) is 0 Å². The first kappa shape index (κ1) is 21.2. The summed E-state index contributed by atoms with van der Waals surface area (Å²) in [7, 11) is 0. The number of benzene rings is 2. The van der Waals surface area contributed by atoms with E-state index in [1.54, 1.807) is 6.07 Å². The largest absolute Gasteiger partial charge is 0.376 e. The fourth-order valence-electron chi connectivity index (χ4n) is 3.42. The number of halogens is 2. The minimum Gasteiger partial charge on any atom is -0.376 e. The lowest BCUT2D eigenvalue weighted by molar-refractivity contribution is -0.384. The number of nitro benzene ring substituents is 1. The van der Waals surface area contributed by atoms with E-state index < -0.39 is 22.7 Å². The van der Waals surface area contributed by atoms with Crippen LogP contribution in [0.5, 0.6) is 0 Å². The number of hydrogen-bond acceptors (Lipinski definition) is 5. The molecule has 154 valence electrons. The lowest BCUT2D eigenvalue weighted by Gasteiger charge is -2.38. The minimum atomic E-state index is -0.562. The van der Waals surface area contributed by atoms with Crippen molar-refractivity contribution in [1.82, 2.24) is 10.2 Å². The van der Waals surface area contributed by atoms with Crippen molar-refractivity contribution in [3.8, 4) is 0 Å². The quantitative estimate of drug-likeness (QED) is 0.569. The number of nitrogens with one attached hydrogen (secondary N) is 1. The zero-order valence-electron chi connectivity index (χ0n) is 15.8. The summed E-state index contributed by atoms with van der Waals surface area (Å²) in [5.74, 6) is -0.932. The fraction of sp³-hybridized carbons (Fsp3) is 0.350. The van der Waals surface area contributed by atoms with Gasteiger partial charge < -0.3 is 10.1 Å². The molecule has 1 aliphatic heterocycles. The van der Waals surface area contributed by atoms with Gasteiger partial charge in [-0.3, -0.25) is 19.8 Å². The van der Waals surface area contributed by atoms with Crippen LogP contribution in [-0.2, 0) is 4.74 Å². The van der Waals surface area contributed by atoms with Gasteiger partial charge in [-0.2, -0.15) is 0 Å². The van der Waals surface area contributed by atoms with Crippen LogP contribution in [-0.4, -0.2) is 48.1 Å². The first-order valence-electron chi connectivity index (χ1n) is 9.19. The normalized spacial score (nSPS) is 18.2. The number of morpholine rings is 1. The van der Waals surface area contributed by atoms with Crippen LogP contribution in [0.2, 0.25) is 5.02 Å². The summed E-state index contributed by atoms with van der Waals surface area (Å²) in [6.07, 6.45) is -0.0377. The molecule has 1 aliphatic rings. The van der Waals surface area contributed by atoms with Crippen molar-refractivity contribution in [1.29, 1.82) is 0 Å². The molecule has 2 aromatic carbocycles. The molecule has 2 atom stereocenters. The summed E-state index contributed by atoms with van der Waals surface area (Å²) in [6, 6.07) is 9.43. The Morgan fingerprint density at radius 1 is 1.41 bits per heavy atom. The van der Waals surface area contributed by atoms with Crippen LogP contribution in [0.3, 0.4) is 0 Å². The second-order valence-electron chi connectivity index (χ2n) is 6.84. The first-order chi connectivity index (χ1) is 13.9. The average Bonchev–Trinajstić information content (AvgIpc) is 2.70. The Morgan fingerprint density at radius 2 is 2.17 bits per heavy atom. The molecule has 0 aromatic heterocycles. The summed E-state index contributed by atoms with van der Waals surface area (Å²) in [4.78, 5) is 25.0. The Hall–Kier alpha value is -2.55. The third-order valence-corrected chi connectivity index (χ3v) is 5.15. The zero-order chi connectivity index (χ0) is 21.0. The second kappa shape index (κ2) is 9.30. The topological polar surface area (TPSA) is 84.7 Å². The van der Waals surface area contributed by atoms with Gasteiger partial charge in [0.05, 0.1) is 23.7 Å². The predicted molar refractivity (Wildman–Crippen MR) is 107 cm³/mol. The maximum Gasteiger partial charge on any atom is 0.270 e. The summed E-state index contributed by atoms with van der Waals surface area (Å²) in [5, 5.41) is 14.0. The number of ether oxygens (including phenoxy) is 1. The number of rotatable bonds is 6. The minimum absolute atomic E-state index is 0.0377. The number of carbonyl (C=O) groups is 1. The van der Waals surface area contributed by atoms with E-state index in [1.807, 2.05) is 11.8 Å². The van der Waals surface area contributed by atoms with Gasteiger partial charge in [-0.1, -0.05) is 23.7 Å². The molecule has 0 bridgehead atoms. The van der Waals surface area contributed by atoms with E-state index >= 15 is 0 Å². The van der Waals surface area contributed by atoms with Gasteiger partial charge in [0.1, 0.15) is 5.82 Å². The van der Waals surface area contributed by atoms with Gasteiger partial charge in [-0.05, 0) is 25.1 Å². The summed E-state index contributed by atoms with van der Waals surface area (Å²) >= 11 is 6.28. The smallest absolute Gasteiger partial charge is 0.270 e. The Bertz CT molecular complexity index is 891. The van der Waals surface area contributed by atoms with Crippen molar-refractivity contribution >= 4 is 23.2 Å². The molecule has 2 aromatic rings. The van der Waals surface area contributed by atoms with Gasteiger partial charge in [0.15, 0.2) is 0 Å². The van der Waals surface area contributed by atoms with Crippen LogP contribution in [0.1, 0.15) is 28.9 Å². The highest BCUT2D eigenvalue weighted by Gasteiger charge is 2.29.